The van der Waals surface area contributed by atoms with Crippen LogP contribution in [0.15, 0.2) is 48.5 Å². The molecule has 1 N–H and O–H groups in total. The number of imidazole rings is 1. The monoisotopic (exact) mass is 291 g/mol. The van der Waals surface area contributed by atoms with Crippen LogP contribution in [0.3, 0.4) is 0 Å². The van der Waals surface area contributed by atoms with Gasteiger partial charge in [-0.15, -0.1) is 0 Å². The first kappa shape index (κ1) is 13.1. The summed E-state index contributed by atoms with van der Waals surface area (Å²) in [6.45, 7) is 0.790. The van der Waals surface area contributed by atoms with E-state index in [4.69, 9.17) is 0 Å². The Morgan fingerprint density at radius 1 is 1.14 bits per heavy atom. The third kappa shape index (κ3) is 2.26. The Morgan fingerprint density at radius 2 is 1.95 bits per heavy atom. The lowest BCUT2D eigenvalue weighted by molar-refractivity contribution is -0.118. The Labute approximate surface area is 128 Å². The van der Waals surface area contributed by atoms with Gasteiger partial charge in [0.2, 0.25) is 5.91 Å². The number of amides is 1. The van der Waals surface area contributed by atoms with Crippen molar-refractivity contribution in [3.8, 4) is 0 Å². The lowest BCUT2D eigenvalue weighted by Gasteiger charge is -2.16. The molecule has 0 aliphatic carbocycles. The highest BCUT2D eigenvalue weighted by molar-refractivity contribution is 5.95. The fourth-order valence-electron chi connectivity index (χ4n) is 3.08. The third-order valence-electron chi connectivity index (χ3n) is 4.20. The van der Waals surface area contributed by atoms with Crippen LogP contribution in [0.5, 0.6) is 0 Å². The molecule has 3 aromatic rings. The van der Waals surface area contributed by atoms with Crippen LogP contribution < -0.4 is 4.90 Å². The first-order valence-electron chi connectivity index (χ1n) is 7.63. The summed E-state index contributed by atoms with van der Waals surface area (Å²) in [4.78, 5) is 22.2. The van der Waals surface area contributed by atoms with E-state index in [1.54, 1.807) is 0 Å². The molecular formula is C18H17N3O. The Bertz CT molecular complexity index is 804. The number of nitrogens with zero attached hydrogens (tertiary/aromatic N) is 2. The second-order valence-electron chi connectivity index (χ2n) is 5.62. The lowest BCUT2D eigenvalue weighted by atomic mass is 10.2. The van der Waals surface area contributed by atoms with Crippen molar-refractivity contribution in [1.29, 1.82) is 0 Å². The summed E-state index contributed by atoms with van der Waals surface area (Å²) >= 11 is 0. The third-order valence-corrected chi connectivity index (χ3v) is 4.20. The van der Waals surface area contributed by atoms with E-state index in [-0.39, 0.29) is 5.91 Å². The van der Waals surface area contributed by atoms with Crippen LogP contribution >= 0.6 is 0 Å². The van der Waals surface area contributed by atoms with Gasteiger partial charge in [0.25, 0.3) is 0 Å². The summed E-state index contributed by atoms with van der Waals surface area (Å²) in [5.74, 6) is 1.05. The zero-order valence-corrected chi connectivity index (χ0v) is 12.2. The maximum atomic E-state index is 12.5. The Balaban J connectivity index is 1.47. The van der Waals surface area contributed by atoms with Gasteiger partial charge in [0.1, 0.15) is 5.82 Å². The summed E-state index contributed by atoms with van der Waals surface area (Å²) < 4.78 is 0. The predicted molar refractivity (Wildman–Crippen MR) is 86.9 cm³/mol. The molecule has 1 aliphatic heterocycles. The van der Waals surface area contributed by atoms with E-state index in [0.717, 1.165) is 35.5 Å². The van der Waals surface area contributed by atoms with E-state index in [0.29, 0.717) is 12.8 Å². The van der Waals surface area contributed by atoms with Gasteiger partial charge in [0.05, 0.1) is 11.0 Å². The average Bonchev–Trinajstić information content (AvgIpc) is 3.16. The Morgan fingerprint density at radius 3 is 2.86 bits per heavy atom. The topological polar surface area (TPSA) is 49.0 Å². The number of nitrogens with one attached hydrogen (secondary N) is 1. The molecule has 0 spiro atoms. The maximum absolute atomic E-state index is 12.5. The first-order chi connectivity index (χ1) is 10.8. The largest absolute Gasteiger partial charge is 0.342 e. The number of carbonyl (C=O) groups is 1. The van der Waals surface area contributed by atoms with Crippen molar-refractivity contribution in [1.82, 2.24) is 9.97 Å². The van der Waals surface area contributed by atoms with Crippen LogP contribution in [0.1, 0.15) is 17.8 Å². The molecule has 2 aromatic carbocycles. The first-order valence-corrected chi connectivity index (χ1v) is 7.63. The van der Waals surface area contributed by atoms with Gasteiger partial charge in [0, 0.05) is 25.1 Å². The van der Waals surface area contributed by atoms with Crippen LogP contribution in [-0.2, 0) is 17.6 Å². The molecule has 0 atom stereocenters. The molecule has 22 heavy (non-hydrogen) atoms. The fourth-order valence-corrected chi connectivity index (χ4v) is 3.08. The van der Waals surface area contributed by atoms with Gasteiger partial charge >= 0.3 is 0 Å². The van der Waals surface area contributed by atoms with Gasteiger partial charge in [-0.1, -0.05) is 30.3 Å². The Kier molecular flexibility index (Phi) is 3.15. The van der Waals surface area contributed by atoms with Crippen molar-refractivity contribution in [3.05, 3.63) is 59.9 Å². The number of benzene rings is 2. The van der Waals surface area contributed by atoms with Crippen LogP contribution in [0.25, 0.3) is 11.0 Å². The van der Waals surface area contributed by atoms with E-state index in [9.17, 15) is 4.79 Å². The number of aromatic amines is 1. The number of fused-ring (bicyclic) bond motifs is 2. The van der Waals surface area contributed by atoms with E-state index >= 15 is 0 Å². The molecule has 0 bridgehead atoms. The van der Waals surface area contributed by atoms with Crippen LogP contribution in [0, 0.1) is 0 Å². The minimum atomic E-state index is 0.172. The number of hydrogen-bond donors (Lipinski definition) is 1. The highest BCUT2D eigenvalue weighted by Crippen LogP contribution is 2.28. The second kappa shape index (κ2) is 5.30. The molecule has 4 nitrogen and oxygen atoms in total. The van der Waals surface area contributed by atoms with Gasteiger partial charge in [-0.05, 0) is 30.2 Å². The number of para-hydroxylation sites is 3. The van der Waals surface area contributed by atoms with Crippen LogP contribution in [0.4, 0.5) is 5.69 Å². The fraction of sp³-hybridized carbons (Fsp3) is 0.222. The number of aryl methyl sites for hydroxylation is 1. The minimum absolute atomic E-state index is 0.172. The quantitative estimate of drug-likeness (QED) is 0.806. The van der Waals surface area contributed by atoms with E-state index in [1.165, 1.54) is 5.56 Å². The smallest absolute Gasteiger partial charge is 0.227 e. The molecule has 1 aromatic heterocycles. The highest BCUT2D eigenvalue weighted by atomic mass is 16.2. The van der Waals surface area contributed by atoms with Gasteiger partial charge in [-0.25, -0.2) is 4.98 Å². The van der Waals surface area contributed by atoms with Gasteiger partial charge < -0.3 is 9.88 Å². The van der Waals surface area contributed by atoms with Crippen molar-refractivity contribution < 1.29 is 4.79 Å². The number of anilines is 1. The zero-order valence-electron chi connectivity index (χ0n) is 12.2. The van der Waals surface area contributed by atoms with Crippen molar-refractivity contribution >= 4 is 22.6 Å². The number of rotatable bonds is 3. The molecule has 0 radical (unpaired) electrons. The van der Waals surface area contributed by atoms with Gasteiger partial charge in [0.15, 0.2) is 0 Å². The second-order valence-corrected chi connectivity index (χ2v) is 5.62. The molecule has 0 saturated carbocycles. The maximum Gasteiger partial charge on any atom is 0.227 e. The molecule has 0 saturated heterocycles. The summed E-state index contributed by atoms with van der Waals surface area (Å²) in [6.07, 6.45) is 2.08. The number of hydrogen-bond acceptors (Lipinski definition) is 2. The summed E-state index contributed by atoms with van der Waals surface area (Å²) in [6, 6.07) is 16.1. The number of carbonyl (C=O) groups excluding carboxylic acids is 1. The molecule has 1 amide bonds. The standard InChI is InChI=1S/C18H17N3O/c22-18(21-12-11-13-5-1-4-8-16(13)21)10-9-17-19-14-6-2-3-7-15(14)20-17/h1-8H,9-12H2,(H,19,20). The molecule has 0 fully saturated rings. The lowest BCUT2D eigenvalue weighted by Crippen LogP contribution is -2.29. The molecular weight excluding hydrogens is 274 g/mol. The van der Waals surface area contributed by atoms with Crippen molar-refractivity contribution in [2.75, 3.05) is 11.4 Å². The molecule has 0 unspecified atom stereocenters. The number of H-pyrrole nitrogens is 1. The average molecular weight is 291 g/mol. The highest BCUT2D eigenvalue weighted by Gasteiger charge is 2.23. The van der Waals surface area contributed by atoms with E-state index < -0.39 is 0 Å². The van der Waals surface area contributed by atoms with Crippen molar-refractivity contribution in [2.24, 2.45) is 0 Å². The normalized spacial score (nSPS) is 13.5. The summed E-state index contributed by atoms with van der Waals surface area (Å²) in [7, 11) is 0. The number of aromatic nitrogens is 2. The van der Waals surface area contributed by atoms with E-state index in [2.05, 4.69) is 16.0 Å². The minimum Gasteiger partial charge on any atom is -0.342 e. The SMILES string of the molecule is O=C(CCc1nc2ccccc2[nH]1)N1CCc2ccccc21. The van der Waals surface area contributed by atoms with Gasteiger partial charge in [-0.3, -0.25) is 4.79 Å². The van der Waals surface area contributed by atoms with Gasteiger partial charge in [-0.2, -0.15) is 0 Å². The predicted octanol–water partition coefficient (Wildman–Crippen LogP) is 3.08. The van der Waals surface area contributed by atoms with Crippen molar-refractivity contribution in [3.63, 3.8) is 0 Å². The molecule has 110 valence electrons. The summed E-state index contributed by atoms with van der Waals surface area (Å²) in [5, 5.41) is 0. The van der Waals surface area contributed by atoms with Crippen LogP contribution in [-0.4, -0.2) is 22.4 Å². The molecule has 2 heterocycles. The molecule has 4 heteroatoms. The summed E-state index contributed by atoms with van der Waals surface area (Å²) in [5.41, 5.74) is 4.31. The van der Waals surface area contributed by atoms with Crippen molar-refractivity contribution in [2.45, 2.75) is 19.3 Å². The molecule has 1 aliphatic rings. The zero-order chi connectivity index (χ0) is 14.9. The Hall–Kier alpha value is -2.62. The van der Waals surface area contributed by atoms with E-state index in [1.807, 2.05) is 47.4 Å². The van der Waals surface area contributed by atoms with Crippen LogP contribution in [0.2, 0.25) is 0 Å². The molecule has 4 rings (SSSR count).